The summed E-state index contributed by atoms with van der Waals surface area (Å²) in [6.45, 7) is 7.81. The van der Waals surface area contributed by atoms with Crippen molar-refractivity contribution in [1.29, 1.82) is 0 Å². The summed E-state index contributed by atoms with van der Waals surface area (Å²) >= 11 is 0. The largest absolute Gasteiger partial charge is 0.481 e. The van der Waals surface area contributed by atoms with Crippen LogP contribution < -0.4 is 4.90 Å². The first-order valence-corrected chi connectivity index (χ1v) is 7.53. The summed E-state index contributed by atoms with van der Waals surface area (Å²) in [6, 6.07) is 5.94. The molecule has 0 saturated heterocycles. The van der Waals surface area contributed by atoms with E-state index >= 15 is 0 Å². The van der Waals surface area contributed by atoms with Crippen molar-refractivity contribution in [2.24, 2.45) is 5.92 Å². The number of benzene rings is 1. The number of aliphatic carboxylic acids is 1. The van der Waals surface area contributed by atoms with Gasteiger partial charge < -0.3 is 10.0 Å². The second kappa shape index (κ2) is 7.81. The van der Waals surface area contributed by atoms with Crippen LogP contribution in [0.4, 0.5) is 5.69 Å². The fourth-order valence-electron chi connectivity index (χ4n) is 2.41. The third kappa shape index (κ3) is 4.31. The fourth-order valence-corrected chi connectivity index (χ4v) is 2.41. The highest BCUT2D eigenvalue weighted by atomic mass is 16.4. The van der Waals surface area contributed by atoms with Crippen molar-refractivity contribution in [1.82, 2.24) is 0 Å². The van der Waals surface area contributed by atoms with Gasteiger partial charge in [0.05, 0.1) is 5.92 Å². The number of hydrogen-bond donors (Lipinski definition) is 1. The number of anilines is 1. The van der Waals surface area contributed by atoms with Crippen molar-refractivity contribution >= 4 is 17.6 Å². The Bertz CT molecular complexity index is 511. The molecule has 1 unspecified atom stereocenters. The van der Waals surface area contributed by atoms with Crippen LogP contribution in [0.2, 0.25) is 0 Å². The average molecular weight is 291 g/mol. The SMILES string of the molecule is CCCC(=O)N(CC(C)C(=O)O)c1c(C)cccc1CC. The van der Waals surface area contributed by atoms with Crippen molar-refractivity contribution in [2.45, 2.75) is 47.0 Å². The molecule has 1 aromatic rings. The van der Waals surface area contributed by atoms with Crippen LogP contribution in [0.3, 0.4) is 0 Å². The molecule has 4 heteroatoms. The molecule has 1 N–H and O–H groups in total. The lowest BCUT2D eigenvalue weighted by atomic mass is 10.0. The van der Waals surface area contributed by atoms with E-state index in [0.29, 0.717) is 6.42 Å². The van der Waals surface area contributed by atoms with Gasteiger partial charge in [0, 0.05) is 18.7 Å². The van der Waals surface area contributed by atoms with Crippen LogP contribution in [0.25, 0.3) is 0 Å². The zero-order valence-corrected chi connectivity index (χ0v) is 13.3. The first-order chi connectivity index (χ1) is 9.92. The van der Waals surface area contributed by atoms with Gasteiger partial charge in [-0.25, -0.2) is 0 Å². The molecular formula is C17H25NO3. The molecule has 1 atom stereocenters. The molecule has 0 aliphatic heterocycles. The highest BCUT2D eigenvalue weighted by Crippen LogP contribution is 2.27. The molecule has 1 aromatic carbocycles. The number of amides is 1. The predicted molar refractivity (Wildman–Crippen MR) is 84.6 cm³/mol. The molecule has 0 bridgehead atoms. The second-order valence-corrected chi connectivity index (χ2v) is 5.43. The van der Waals surface area contributed by atoms with Crippen molar-refractivity contribution in [2.75, 3.05) is 11.4 Å². The van der Waals surface area contributed by atoms with E-state index in [9.17, 15) is 9.59 Å². The van der Waals surface area contributed by atoms with Crippen molar-refractivity contribution in [3.63, 3.8) is 0 Å². The Labute approximate surface area is 126 Å². The molecule has 4 nitrogen and oxygen atoms in total. The molecule has 0 fully saturated rings. The third-order valence-corrected chi connectivity index (χ3v) is 3.62. The second-order valence-electron chi connectivity index (χ2n) is 5.43. The Kier molecular flexibility index (Phi) is 6.40. The topological polar surface area (TPSA) is 57.6 Å². The monoisotopic (exact) mass is 291 g/mol. The van der Waals surface area contributed by atoms with Crippen LogP contribution in [0.1, 0.15) is 44.7 Å². The van der Waals surface area contributed by atoms with Gasteiger partial charge in [0.25, 0.3) is 0 Å². The van der Waals surface area contributed by atoms with E-state index in [1.807, 2.05) is 39.0 Å². The molecule has 1 rings (SSSR count). The van der Waals surface area contributed by atoms with Crippen LogP contribution in [-0.2, 0) is 16.0 Å². The maximum absolute atomic E-state index is 12.5. The van der Waals surface area contributed by atoms with Gasteiger partial charge in [0.1, 0.15) is 0 Å². The van der Waals surface area contributed by atoms with Gasteiger partial charge in [-0.1, -0.05) is 39.0 Å². The van der Waals surface area contributed by atoms with Crippen molar-refractivity contribution in [3.8, 4) is 0 Å². The Morgan fingerprint density at radius 3 is 2.48 bits per heavy atom. The first kappa shape index (κ1) is 17.2. The van der Waals surface area contributed by atoms with E-state index < -0.39 is 11.9 Å². The minimum atomic E-state index is -0.879. The van der Waals surface area contributed by atoms with Crippen LogP contribution in [0, 0.1) is 12.8 Å². The van der Waals surface area contributed by atoms with Gasteiger partial charge in [-0.2, -0.15) is 0 Å². The van der Waals surface area contributed by atoms with Crippen LogP contribution in [0.15, 0.2) is 18.2 Å². The van der Waals surface area contributed by atoms with Gasteiger partial charge in [0.15, 0.2) is 0 Å². The summed E-state index contributed by atoms with van der Waals surface area (Å²) in [6.07, 6.45) is 2.00. The van der Waals surface area contributed by atoms with E-state index in [0.717, 1.165) is 29.7 Å². The molecule has 0 aliphatic carbocycles. The summed E-state index contributed by atoms with van der Waals surface area (Å²) in [4.78, 5) is 25.3. The molecule has 0 spiro atoms. The Hall–Kier alpha value is -1.84. The minimum absolute atomic E-state index is 0.00500. The standard InChI is InChI=1S/C17H25NO3/c1-5-8-15(19)18(11-13(4)17(20)21)16-12(3)9-7-10-14(16)6-2/h7,9-10,13H,5-6,8,11H2,1-4H3,(H,20,21). The zero-order chi connectivity index (χ0) is 16.0. The lowest BCUT2D eigenvalue weighted by Crippen LogP contribution is -2.38. The molecule has 116 valence electrons. The van der Waals surface area contributed by atoms with Crippen LogP contribution in [-0.4, -0.2) is 23.5 Å². The van der Waals surface area contributed by atoms with Gasteiger partial charge in [-0.05, 0) is 30.9 Å². The summed E-state index contributed by atoms with van der Waals surface area (Å²) in [5, 5.41) is 9.15. The first-order valence-electron chi connectivity index (χ1n) is 7.53. The molecule has 0 radical (unpaired) electrons. The molecule has 1 amide bonds. The molecule has 21 heavy (non-hydrogen) atoms. The van der Waals surface area contributed by atoms with E-state index in [2.05, 4.69) is 0 Å². The number of carboxylic acid groups (broad SMARTS) is 1. The normalized spacial score (nSPS) is 12.0. The predicted octanol–water partition coefficient (Wildman–Crippen LogP) is 3.41. The van der Waals surface area contributed by atoms with E-state index in [4.69, 9.17) is 5.11 Å². The van der Waals surface area contributed by atoms with E-state index in [1.165, 1.54) is 0 Å². The lowest BCUT2D eigenvalue weighted by Gasteiger charge is -2.28. The Balaban J connectivity index is 3.23. The number of carbonyl (C=O) groups is 2. The van der Waals surface area contributed by atoms with Gasteiger partial charge in [-0.15, -0.1) is 0 Å². The smallest absolute Gasteiger partial charge is 0.308 e. The maximum atomic E-state index is 12.5. The van der Waals surface area contributed by atoms with E-state index in [1.54, 1.807) is 11.8 Å². The third-order valence-electron chi connectivity index (χ3n) is 3.62. The van der Waals surface area contributed by atoms with Crippen LogP contribution in [0.5, 0.6) is 0 Å². The van der Waals surface area contributed by atoms with E-state index in [-0.39, 0.29) is 12.5 Å². The lowest BCUT2D eigenvalue weighted by molar-refractivity contribution is -0.140. The number of rotatable bonds is 7. The van der Waals surface area contributed by atoms with Gasteiger partial charge in [-0.3, -0.25) is 9.59 Å². The molecule has 0 aliphatic rings. The maximum Gasteiger partial charge on any atom is 0.308 e. The number of aryl methyl sites for hydroxylation is 2. The number of carbonyl (C=O) groups excluding carboxylic acids is 1. The zero-order valence-electron chi connectivity index (χ0n) is 13.3. The van der Waals surface area contributed by atoms with Crippen molar-refractivity contribution in [3.05, 3.63) is 29.3 Å². The number of para-hydroxylation sites is 1. The molecular weight excluding hydrogens is 266 g/mol. The van der Waals surface area contributed by atoms with Crippen molar-refractivity contribution < 1.29 is 14.7 Å². The summed E-state index contributed by atoms with van der Waals surface area (Å²) in [7, 11) is 0. The van der Waals surface area contributed by atoms with Gasteiger partial charge in [0.2, 0.25) is 5.91 Å². The Morgan fingerprint density at radius 2 is 1.95 bits per heavy atom. The average Bonchev–Trinajstić information content (AvgIpc) is 2.44. The minimum Gasteiger partial charge on any atom is -0.481 e. The summed E-state index contributed by atoms with van der Waals surface area (Å²) in [5.41, 5.74) is 2.97. The molecule has 0 aromatic heterocycles. The number of hydrogen-bond acceptors (Lipinski definition) is 2. The number of nitrogens with zero attached hydrogens (tertiary/aromatic N) is 1. The quantitative estimate of drug-likeness (QED) is 0.837. The molecule has 0 heterocycles. The highest BCUT2D eigenvalue weighted by molar-refractivity contribution is 5.95. The highest BCUT2D eigenvalue weighted by Gasteiger charge is 2.24. The summed E-state index contributed by atoms with van der Waals surface area (Å²) < 4.78 is 0. The fraction of sp³-hybridized carbons (Fsp3) is 0.529. The van der Waals surface area contributed by atoms with Gasteiger partial charge >= 0.3 is 5.97 Å². The molecule has 0 saturated carbocycles. The van der Waals surface area contributed by atoms with Crippen LogP contribution >= 0.6 is 0 Å². The summed E-state index contributed by atoms with van der Waals surface area (Å²) in [5.74, 6) is -1.47. The Morgan fingerprint density at radius 1 is 1.29 bits per heavy atom. The number of carboxylic acids is 1.